The first-order valence-corrected chi connectivity index (χ1v) is 9.34. The van der Waals surface area contributed by atoms with Gasteiger partial charge in [-0.1, -0.05) is 18.7 Å². The highest BCUT2D eigenvalue weighted by molar-refractivity contribution is 6.18. The second-order valence-corrected chi connectivity index (χ2v) is 6.43. The van der Waals surface area contributed by atoms with Crippen LogP contribution in [0.1, 0.15) is 5.56 Å². The minimum absolute atomic E-state index is 0.0288. The van der Waals surface area contributed by atoms with Gasteiger partial charge >= 0.3 is 0 Å². The lowest BCUT2D eigenvalue weighted by Gasteiger charge is -2.11. The van der Waals surface area contributed by atoms with E-state index in [9.17, 15) is 9.18 Å². The number of methoxy groups -OCH3 is 1. The van der Waals surface area contributed by atoms with Crippen LogP contribution >= 0.6 is 0 Å². The average Bonchev–Trinajstić information content (AvgIpc) is 2.77. The van der Waals surface area contributed by atoms with Gasteiger partial charge in [-0.05, 0) is 42.0 Å². The first-order valence-electron chi connectivity index (χ1n) is 9.34. The number of nitrogens with two attached hydrogens (primary N) is 1. The third-order valence-corrected chi connectivity index (χ3v) is 4.18. The van der Waals surface area contributed by atoms with Crippen LogP contribution in [-0.2, 0) is 9.53 Å². The fourth-order valence-electron chi connectivity index (χ4n) is 2.59. The zero-order valence-corrected chi connectivity index (χ0v) is 16.9. The molecular formula is C22H22FN5O3. The zero-order valence-electron chi connectivity index (χ0n) is 16.9. The number of nitrogens with one attached hydrogen (secondary N) is 2. The van der Waals surface area contributed by atoms with Crippen molar-refractivity contribution in [3.8, 4) is 5.75 Å². The number of ether oxygens (including phenoxy) is 2. The van der Waals surface area contributed by atoms with Crippen LogP contribution in [0.5, 0.6) is 5.75 Å². The molecule has 9 heteroatoms. The molecule has 0 radical (unpaired) electrons. The van der Waals surface area contributed by atoms with Crippen molar-refractivity contribution in [2.45, 2.75) is 0 Å². The predicted octanol–water partition coefficient (Wildman–Crippen LogP) is 3.63. The van der Waals surface area contributed by atoms with Gasteiger partial charge in [-0.3, -0.25) is 4.79 Å². The van der Waals surface area contributed by atoms with Crippen LogP contribution in [0.4, 0.5) is 27.5 Å². The third kappa shape index (κ3) is 6.00. The molecule has 1 amide bonds. The molecular weight excluding hydrogens is 401 g/mol. The molecule has 2 aromatic carbocycles. The zero-order chi connectivity index (χ0) is 22.2. The topological polar surface area (TPSA) is 111 Å². The molecule has 8 nitrogen and oxygen atoms in total. The fraction of sp³-hybridized carbons (Fsp3) is 0.136. The van der Waals surface area contributed by atoms with Crippen LogP contribution in [0.15, 0.2) is 61.3 Å². The summed E-state index contributed by atoms with van der Waals surface area (Å²) in [4.78, 5) is 19.5. The highest BCUT2D eigenvalue weighted by Crippen LogP contribution is 2.24. The van der Waals surface area contributed by atoms with Crippen LogP contribution in [0.25, 0.3) is 5.57 Å². The Kier molecular flexibility index (Phi) is 7.13. The molecule has 0 spiro atoms. The summed E-state index contributed by atoms with van der Waals surface area (Å²) < 4.78 is 24.7. The number of hydrogen-bond acceptors (Lipinski definition) is 7. The smallest absolute Gasteiger partial charge is 0.248 e. The van der Waals surface area contributed by atoms with Gasteiger partial charge in [0.25, 0.3) is 0 Å². The van der Waals surface area contributed by atoms with E-state index in [2.05, 4.69) is 27.2 Å². The molecule has 160 valence electrons. The molecule has 0 saturated carbocycles. The van der Waals surface area contributed by atoms with E-state index in [-0.39, 0.29) is 17.3 Å². The maximum atomic E-state index is 14.2. The minimum atomic E-state index is -0.633. The molecule has 0 aliphatic heterocycles. The van der Waals surface area contributed by atoms with E-state index in [1.54, 1.807) is 55.6 Å². The van der Waals surface area contributed by atoms with E-state index in [4.69, 9.17) is 15.2 Å². The van der Waals surface area contributed by atoms with Gasteiger partial charge < -0.3 is 25.8 Å². The van der Waals surface area contributed by atoms with E-state index < -0.39 is 11.7 Å². The molecule has 0 unspecified atom stereocenters. The lowest BCUT2D eigenvalue weighted by Crippen LogP contribution is -2.12. The van der Waals surface area contributed by atoms with Crippen molar-refractivity contribution >= 4 is 34.6 Å². The van der Waals surface area contributed by atoms with Gasteiger partial charge in [0.2, 0.25) is 11.9 Å². The number of halogens is 1. The first-order chi connectivity index (χ1) is 15.0. The Hall–Kier alpha value is -3.98. The maximum Gasteiger partial charge on any atom is 0.248 e. The number of anilines is 4. The second kappa shape index (κ2) is 10.2. The molecule has 0 saturated heterocycles. The van der Waals surface area contributed by atoms with E-state index in [0.717, 1.165) is 6.20 Å². The third-order valence-electron chi connectivity index (χ3n) is 4.18. The van der Waals surface area contributed by atoms with Gasteiger partial charge in [0, 0.05) is 24.1 Å². The molecule has 0 aliphatic rings. The summed E-state index contributed by atoms with van der Waals surface area (Å²) in [5, 5.41) is 5.89. The molecule has 31 heavy (non-hydrogen) atoms. The summed E-state index contributed by atoms with van der Waals surface area (Å²) in [6.07, 6.45) is 1.06. The average molecular weight is 423 g/mol. The maximum absolute atomic E-state index is 14.2. The van der Waals surface area contributed by atoms with Crippen molar-refractivity contribution in [2.75, 3.05) is 31.0 Å². The van der Waals surface area contributed by atoms with Crippen molar-refractivity contribution in [2.24, 2.45) is 5.73 Å². The number of amides is 1. The van der Waals surface area contributed by atoms with Crippen LogP contribution in [0.3, 0.4) is 0 Å². The molecule has 1 heterocycles. The minimum Gasteiger partial charge on any atom is -0.491 e. The van der Waals surface area contributed by atoms with E-state index >= 15 is 0 Å². The molecule has 0 atom stereocenters. The van der Waals surface area contributed by atoms with Gasteiger partial charge in [-0.15, -0.1) is 0 Å². The Morgan fingerprint density at radius 1 is 1.13 bits per heavy atom. The Morgan fingerprint density at radius 2 is 1.90 bits per heavy atom. The number of nitrogens with zero attached hydrogens (tertiary/aromatic N) is 2. The van der Waals surface area contributed by atoms with Gasteiger partial charge in [0.15, 0.2) is 11.6 Å². The number of aromatic nitrogens is 2. The largest absolute Gasteiger partial charge is 0.491 e. The van der Waals surface area contributed by atoms with Crippen molar-refractivity contribution < 1.29 is 18.7 Å². The number of primary amides is 1. The number of carbonyl (C=O) groups excluding carboxylic acids is 1. The van der Waals surface area contributed by atoms with Crippen molar-refractivity contribution in [1.82, 2.24) is 9.97 Å². The molecule has 3 aromatic rings. The SMILES string of the molecule is C=C(C(N)=O)c1cccc(Nc2nc(Nc3ccc(OCCOC)cc3)ncc2F)c1. The van der Waals surface area contributed by atoms with Crippen molar-refractivity contribution in [1.29, 1.82) is 0 Å². The van der Waals surface area contributed by atoms with Crippen LogP contribution in [0, 0.1) is 5.82 Å². The molecule has 3 rings (SSSR count). The summed E-state index contributed by atoms with van der Waals surface area (Å²) in [6.45, 7) is 4.60. The van der Waals surface area contributed by atoms with Crippen LogP contribution < -0.4 is 21.1 Å². The molecule has 1 aromatic heterocycles. The Bertz CT molecular complexity index is 1070. The highest BCUT2D eigenvalue weighted by atomic mass is 19.1. The van der Waals surface area contributed by atoms with Gasteiger partial charge in [-0.2, -0.15) is 4.98 Å². The van der Waals surface area contributed by atoms with Gasteiger partial charge in [0.1, 0.15) is 12.4 Å². The second-order valence-electron chi connectivity index (χ2n) is 6.43. The lowest BCUT2D eigenvalue weighted by molar-refractivity contribution is -0.112. The molecule has 0 aliphatic carbocycles. The molecule has 4 N–H and O–H groups in total. The normalized spacial score (nSPS) is 10.4. The van der Waals surface area contributed by atoms with E-state index in [0.29, 0.717) is 35.9 Å². The lowest BCUT2D eigenvalue weighted by atomic mass is 10.1. The monoisotopic (exact) mass is 423 g/mol. The molecule has 0 bridgehead atoms. The number of rotatable bonds is 10. The fourth-order valence-corrected chi connectivity index (χ4v) is 2.59. The number of benzene rings is 2. The van der Waals surface area contributed by atoms with Crippen molar-refractivity contribution in [3.63, 3.8) is 0 Å². The Balaban J connectivity index is 1.71. The summed E-state index contributed by atoms with van der Waals surface area (Å²) in [5.74, 6) is -0.394. The number of carbonyl (C=O) groups is 1. The standard InChI is InChI=1S/C22H22FN5O3/c1-14(20(24)29)15-4-3-5-17(12-15)26-21-19(23)13-25-22(28-21)27-16-6-8-18(9-7-16)31-11-10-30-2/h3-9,12-13H,1,10-11H2,2H3,(H2,24,29)(H2,25,26,27,28). The van der Waals surface area contributed by atoms with E-state index in [1.165, 1.54) is 0 Å². The van der Waals surface area contributed by atoms with Gasteiger partial charge in [0.05, 0.1) is 12.8 Å². The summed E-state index contributed by atoms with van der Waals surface area (Å²) >= 11 is 0. The number of hydrogen-bond donors (Lipinski definition) is 3. The van der Waals surface area contributed by atoms with E-state index in [1.807, 2.05) is 0 Å². The van der Waals surface area contributed by atoms with Crippen molar-refractivity contribution in [3.05, 3.63) is 72.7 Å². The molecule has 0 fully saturated rings. The Morgan fingerprint density at radius 3 is 2.61 bits per heavy atom. The first kappa shape index (κ1) is 21.7. The highest BCUT2D eigenvalue weighted by Gasteiger charge is 2.10. The summed E-state index contributed by atoms with van der Waals surface area (Å²) in [7, 11) is 1.61. The van der Waals surface area contributed by atoms with Crippen LogP contribution in [-0.4, -0.2) is 36.2 Å². The van der Waals surface area contributed by atoms with Crippen LogP contribution in [0.2, 0.25) is 0 Å². The summed E-state index contributed by atoms with van der Waals surface area (Å²) in [5.41, 5.74) is 7.17. The Labute approximate surface area is 178 Å². The quantitative estimate of drug-likeness (QED) is 0.337. The van der Waals surface area contributed by atoms with Gasteiger partial charge in [-0.25, -0.2) is 9.37 Å². The predicted molar refractivity (Wildman–Crippen MR) is 117 cm³/mol. The summed E-state index contributed by atoms with van der Waals surface area (Å²) in [6, 6.07) is 13.9.